The fourth-order valence-electron chi connectivity index (χ4n) is 1.35. The first-order valence-corrected chi connectivity index (χ1v) is 6.37. The molecule has 0 aromatic heterocycles. The number of carbonyl (C=O) groups is 1. The van der Waals surface area contributed by atoms with Crippen molar-refractivity contribution in [1.82, 2.24) is 4.31 Å². The molecule has 74 valence electrons. The Bertz CT molecular complexity index is 497. The van der Waals surface area contributed by atoms with E-state index in [4.69, 9.17) is 0 Å². The number of fused-ring (bicyclic) bond motifs is 1. The average molecular weight is 276 g/mol. The van der Waals surface area contributed by atoms with Crippen molar-refractivity contribution >= 4 is 31.9 Å². The van der Waals surface area contributed by atoms with Crippen molar-refractivity contribution in [3.8, 4) is 0 Å². The molecule has 6 heteroatoms. The summed E-state index contributed by atoms with van der Waals surface area (Å²) in [6.45, 7) is 0. The molecule has 14 heavy (non-hydrogen) atoms. The van der Waals surface area contributed by atoms with Crippen LogP contribution in [0.25, 0.3) is 0 Å². The lowest BCUT2D eigenvalue weighted by molar-refractivity contribution is 0.0888. The Balaban J connectivity index is 2.74. The minimum absolute atomic E-state index is 0.0111. The number of hydrogen-bond acceptors (Lipinski definition) is 3. The Morgan fingerprint density at radius 1 is 1.29 bits per heavy atom. The van der Waals surface area contributed by atoms with E-state index in [9.17, 15) is 13.2 Å². The number of carbonyl (C=O) groups excluding carboxylic acids is 1. The number of sulfonamides is 1. The van der Waals surface area contributed by atoms with Crippen molar-refractivity contribution in [2.24, 2.45) is 0 Å². The van der Waals surface area contributed by atoms with Crippen LogP contribution in [0, 0.1) is 0 Å². The van der Waals surface area contributed by atoms with E-state index in [-0.39, 0.29) is 15.9 Å². The highest BCUT2D eigenvalue weighted by Gasteiger charge is 2.39. The van der Waals surface area contributed by atoms with Gasteiger partial charge in [-0.2, -0.15) is 0 Å². The first kappa shape index (κ1) is 9.67. The summed E-state index contributed by atoms with van der Waals surface area (Å²) in [4.78, 5) is 11.6. The van der Waals surface area contributed by atoms with E-state index in [1.165, 1.54) is 12.1 Å². The predicted octanol–water partition coefficient (Wildman–Crippen LogP) is 1.18. The Morgan fingerprint density at radius 3 is 2.50 bits per heavy atom. The maximum atomic E-state index is 11.7. The number of alkyl halides is 1. The SMILES string of the molecule is O=C1c2ccccc2S(=O)(=O)N1CBr. The van der Waals surface area contributed by atoms with Crippen molar-refractivity contribution in [3.05, 3.63) is 29.8 Å². The molecule has 1 aliphatic heterocycles. The number of nitrogens with zero attached hydrogens (tertiary/aromatic N) is 1. The number of halogens is 1. The van der Waals surface area contributed by atoms with Gasteiger partial charge in [0, 0.05) is 0 Å². The van der Waals surface area contributed by atoms with Crippen LogP contribution in [0.4, 0.5) is 0 Å². The molecule has 0 unspecified atom stereocenters. The molecule has 0 fully saturated rings. The van der Waals surface area contributed by atoms with Crippen molar-refractivity contribution in [2.75, 3.05) is 5.45 Å². The molecule has 0 N–H and O–H groups in total. The normalized spacial score (nSPS) is 18.4. The van der Waals surface area contributed by atoms with Gasteiger partial charge < -0.3 is 0 Å². The summed E-state index contributed by atoms with van der Waals surface area (Å²) in [6, 6.07) is 6.19. The van der Waals surface area contributed by atoms with Crippen LogP contribution in [0.3, 0.4) is 0 Å². The van der Waals surface area contributed by atoms with Crippen LogP contribution in [0.5, 0.6) is 0 Å². The summed E-state index contributed by atoms with van der Waals surface area (Å²) >= 11 is 2.98. The Hall–Kier alpha value is -0.880. The molecule has 0 saturated heterocycles. The van der Waals surface area contributed by atoms with Crippen LogP contribution in [0.2, 0.25) is 0 Å². The van der Waals surface area contributed by atoms with E-state index in [1.807, 2.05) is 0 Å². The molecular formula is C8H6BrNO3S. The molecule has 0 saturated carbocycles. The minimum Gasteiger partial charge on any atom is -0.268 e. The van der Waals surface area contributed by atoms with E-state index >= 15 is 0 Å². The largest absolute Gasteiger partial charge is 0.269 e. The third kappa shape index (κ3) is 1.10. The smallest absolute Gasteiger partial charge is 0.268 e. The van der Waals surface area contributed by atoms with Gasteiger partial charge in [-0.3, -0.25) is 4.79 Å². The van der Waals surface area contributed by atoms with Gasteiger partial charge in [-0.25, -0.2) is 12.7 Å². The summed E-state index contributed by atoms with van der Waals surface area (Å²) in [5, 5.41) is 0. The van der Waals surface area contributed by atoms with Gasteiger partial charge in [0.25, 0.3) is 15.9 Å². The predicted molar refractivity (Wildman–Crippen MR) is 53.6 cm³/mol. The number of benzene rings is 1. The van der Waals surface area contributed by atoms with Gasteiger partial charge in [-0.05, 0) is 12.1 Å². The maximum Gasteiger partial charge on any atom is 0.269 e. The molecule has 4 nitrogen and oxygen atoms in total. The number of amides is 1. The van der Waals surface area contributed by atoms with E-state index in [1.54, 1.807) is 12.1 Å². The van der Waals surface area contributed by atoms with Gasteiger partial charge in [0.15, 0.2) is 0 Å². The van der Waals surface area contributed by atoms with Gasteiger partial charge in [-0.15, -0.1) is 0 Å². The highest BCUT2D eigenvalue weighted by molar-refractivity contribution is 9.09. The maximum absolute atomic E-state index is 11.7. The molecular weight excluding hydrogens is 270 g/mol. The van der Waals surface area contributed by atoms with Crippen LogP contribution in [-0.4, -0.2) is 24.1 Å². The zero-order valence-corrected chi connectivity index (χ0v) is 9.38. The first-order valence-electron chi connectivity index (χ1n) is 3.81. The summed E-state index contributed by atoms with van der Waals surface area (Å²) in [7, 11) is -3.61. The molecule has 0 spiro atoms. The van der Waals surface area contributed by atoms with Crippen LogP contribution < -0.4 is 0 Å². The second-order valence-electron chi connectivity index (χ2n) is 2.77. The van der Waals surface area contributed by atoms with Crippen molar-refractivity contribution < 1.29 is 13.2 Å². The van der Waals surface area contributed by atoms with Crippen LogP contribution in [0.15, 0.2) is 29.2 Å². The number of hydrogen-bond donors (Lipinski definition) is 0. The first-order chi connectivity index (χ1) is 6.59. The zero-order chi connectivity index (χ0) is 10.3. The minimum atomic E-state index is -3.61. The summed E-state index contributed by atoms with van der Waals surface area (Å²) in [5.41, 5.74) is 0.231. The third-order valence-corrected chi connectivity index (χ3v) is 4.64. The highest BCUT2D eigenvalue weighted by Crippen LogP contribution is 2.29. The number of rotatable bonds is 1. The topological polar surface area (TPSA) is 54.5 Å². The van der Waals surface area contributed by atoms with E-state index in [0.29, 0.717) is 0 Å². The second-order valence-corrected chi connectivity index (χ2v) is 5.11. The summed E-state index contributed by atoms with van der Waals surface area (Å²) in [6.07, 6.45) is 0. The van der Waals surface area contributed by atoms with Gasteiger partial charge >= 0.3 is 0 Å². The van der Waals surface area contributed by atoms with Crippen LogP contribution in [0.1, 0.15) is 10.4 Å². The third-order valence-electron chi connectivity index (χ3n) is 2.02. The van der Waals surface area contributed by atoms with E-state index < -0.39 is 15.9 Å². The van der Waals surface area contributed by atoms with Gasteiger partial charge in [0.05, 0.1) is 11.0 Å². The van der Waals surface area contributed by atoms with Crippen LogP contribution in [-0.2, 0) is 10.0 Å². The Kier molecular flexibility index (Phi) is 2.11. The van der Waals surface area contributed by atoms with Gasteiger partial charge in [0.2, 0.25) is 0 Å². The summed E-state index contributed by atoms with van der Waals surface area (Å²) in [5.74, 6) is -0.475. The fourth-order valence-corrected chi connectivity index (χ4v) is 3.75. The zero-order valence-electron chi connectivity index (χ0n) is 6.97. The standard InChI is InChI=1S/C8H6BrNO3S/c9-5-10-8(11)6-3-1-2-4-7(6)14(10,12)13/h1-4H,5H2. The van der Waals surface area contributed by atoms with Gasteiger partial charge in [0.1, 0.15) is 4.90 Å². The fraction of sp³-hybridized carbons (Fsp3) is 0.125. The molecule has 1 amide bonds. The lowest BCUT2D eigenvalue weighted by Crippen LogP contribution is -2.28. The molecule has 0 radical (unpaired) electrons. The molecule has 2 rings (SSSR count). The average Bonchev–Trinajstić information content (AvgIpc) is 2.36. The molecule has 1 aromatic carbocycles. The Morgan fingerprint density at radius 2 is 1.93 bits per heavy atom. The molecule has 1 aliphatic rings. The molecule has 0 aliphatic carbocycles. The van der Waals surface area contributed by atoms with E-state index in [0.717, 1.165) is 4.31 Å². The lowest BCUT2D eigenvalue weighted by atomic mass is 10.2. The van der Waals surface area contributed by atoms with Crippen molar-refractivity contribution in [1.29, 1.82) is 0 Å². The van der Waals surface area contributed by atoms with Crippen molar-refractivity contribution in [2.45, 2.75) is 4.90 Å². The lowest BCUT2D eigenvalue weighted by Gasteiger charge is -2.09. The molecule has 1 aromatic rings. The second kappa shape index (κ2) is 3.06. The quantitative estimate of drug-likeness (QED) is 0.571. The molecule has 0 atom stereocenters. The molecule has 1 heterocycles. The highest BCUT2D eigenvalue weighted by atomic mass is 79.9. The monoisotopic (exact) mass is 275 g/mol. The van der Waals surface area contributed by atoms with Crippen molar-refractivity contribution in [3.63, 3.8) is 0 Å². The van der Waals surface area contributed by atoms with Gasteiger partial charge in [-0.1, -0.05) is 28.1 Å². The van der Waals surface area contributed by atoms with E-state index in [2.05, 4.69) is 15.9 Å². The van der Waals surface area contributed by atoms with Crippen LogP contribution >= 0.6 is 15.9 Å². The Labute approximate surface area is 89.7 Å². The molecule has 0 bridgehead atoms. The summed E-state index contributed by atoms with van der Waals surface area (Å²) < 4.78 is 24.2.